The van der Waals surface area contributed by atoms with Crippen molar-refractivity contribution in [2.75, 3.05) is 6.61 Å². The first kappa shape index (κ1) is 24.8. The van der Waals surface area contributed by atoms with Gasteiger partial charge in [0.2, 0.25) is 5.91 Å². The smallest absolute Gasteiger partial charge is 0.407 e. The third-order valence-corrected chi connectivity index (χ3v) is 7.14. The first-order valence-electron chi connectivity index (χ1n) is 12.6. The minimum atomic E-state index is -0.910. The predicted octanol–water partition coefficient (Wildman–Crippen LogP) is 4.84. The van der Waals surface area contributed by atoms with Crippen LogP contribution in [0.15, 0.2) is 48.5 Å². The Morgan fingerprint density at radius 3 is 2.31 bits per heavy atom. The maximum absolute atomic E-state index is 12.7. The fourth-order valence-corrected chi connectivity index (χ4v) is 5.36. The van der Waals surface area contributed by atoms with Gasteiger partial charge in [0.1, 0.15) is 6.61 Å². The summed E-state index contributed by atoms with van der Waals surface area (Å²) in [4.78, 5) is 36.4. The number of fused-ring (bicyclic) bond motifs is 3. The lowest BCUT2D eigenvalue weighted by molar-refractivity contribution is -0.137. The van der Waals surface area contributed by atoms with Crippen molar-refractivity contribution >= 4 is 18.0 Å². The zero-order valence-electron chi connectivity index (χ0n) is 20.2. The molecular formula is C28H34N2O5. The van der Waals surface area contributed by atoms with Gasteiger partial charge in [0.05, 0.1) is 6.42 Å². The first-order valence-corrected chi connectivity index (χ1v) is 12.6. The van der Waals surface area contributed by atoms with Crippen molar-refractivity contribution in [3.8, 4) is 11.1 Å². The van der Waals surface area contributed by atoms with Crippen molar-refractivity contribution in [3.05, 3.63) is 59.7 Å². The number of carboxylic acids is 1. The Morgan fingerprint density at radius 2 is 1.69 bits per heavy atom. The molecule has 1 fully saturated rings. The molecule has 1 saturated carbocycles. The number of carboxylic acid groups (broad SMARTS) is 1. The number of benzene rings is 2. The van der Waals surface area contributed by atoms with Gasteiger partial charge in [-0.15, -0.1) is 0 Å². The van der Waals surface area contributed by atoms with E-state index in [1.807, 2.05) is 31.2 Å². The number of hydrogen-bond acceptors (Lipinski definition) is 4. The van der Waals surface area contributed by atoms with Gasteiger partial charge in [-0.2, -0.15) is 0 Å². The molecule has 4 rings (SSSR count). The molecule has 0 aliphatic heterocycles. The van der Waals surface area contributed by atoms with E-state index >= 15 is 0 Å². The Balaban J connectivity index is 1.27. The zero-order chi connectivity index (χ0) is 24.8. The van der Waals surface area contributed by atoms with Gasteiger partial charge >= 0.3 is 12.1 Å². The van der Waals surface area contributed by atoms with Crippen molar-refractivity contribution in [2.45, 2.75) is 69.9 Å². The molecule has 2 aromatic carbocycles. The molecule has 0 spiro atoms. The summed E-state index contributed by atoms with van der Waals surface area (Å²) in [5, 5.41) is 15.0. The molecule has 0 saturated heterocycles. The maximum atomic E-state index is 12.7. The van der Waals surface area contributed by atoms with Crippen LogP contribution in [0.5, 0.6) is 0 Å². The minimum absolute atomic E-state index is 0.00421. The largest absolute Gasteiger partial charge is 0.481 e. The number of amides is 2. The Hall–Kier alpha value is -3.35. The van der Waals surface area contributed by atoms with Crippen LogP contribution in [0.1, 0.15) is 68.9 Å². The van der Waals surface area contributed by atoms with Crippen LogP contribution in [0.25, 0.3) is 11.1 Å². The average molecular weight is 479 g/mol. The van der Waals surface area contributed by atoms with E-state index < -0.39 is 12.1 Å². The lowest BCUT2D eigenvalue weighted by atomic mass is 9.98. The van der Waals surface area contributed by atoms with E-state index in [0.717, 1.165) is 24.0 Å². The molecule has 0 bridgehead atoms. The van der Waals surface area contributed by atoms with Crippen molar-refractivity contribution < 1.29 is 24.2 Å². The van der Waals surface area contributed by atoms with Gasteiger partial charge < -0.3 is 20.5 Å². The minimum Gasteiger partial charge on any atom is -0.481 e. The van der Waals surface area contributed by atoms with Gasteiger partial charge in [-0.1, -0.05) is 68.3 Å². The summed E-state index contributed by atoms with van der Waals surface area (Å²) >= 11 is 0. The molecule has 0 aromatic heterocycles. The number of ether oxygens (including phenoxy) is 1. The number of alkyl carbamates (subject to hydrolysis) is 1. The van der Waals surface area contributed by atoms with Crippen LogP contribution in [-0.4, -0.2) is 41.8 Å². The number of aliphatic carboxylic acids is 1. The topological polar surface area (TPSA) is 105 Å². The number of unbranched alkanes of at least 4 members (excludes halogenated alkanes) is 1. The molecule has 7 heteroatoms. The lowest BCUT2D eigenvalue weighted by Gasteiger charge is -2.20. The van der Waals surface area contributed by atoms with Crippen molar-refractivity contribution in [1.29, 1.82) is 0 Å². The van der Waals surface area contributed by atoms with Crippen molar-refractivity contribution in [3.63, 3.8) is 0 Å². The Kier molecular flexibility index (Phi) is 8.06. The Labute approximate surface area is 206 Å². The zero-order valence-corrected chi connectivity index (χ0v) is 20.2. The van der Waals surface area contributed by atoms with E-state index in [4.69, 9.17) is 9.84 Å². The molecule has 0 heterocycles. The number of rotatable bonds is 10. The van der Waals surface area contributed by atoms with Crippen molar-refractivity contribution in [1.82, 2.24) is 10.6 Å². The lowest BCUT2D eigenvalue weighted by Crippen LogP contribution is -2.40. The molecular weight excluding hydrogens is 444 g/mol. The fourth-order valence-electron chi connectivity index (χ4n) is 5.36. The fraction of sp³-hybridized carbons (Fsp3) is 0.464. The van der Waals surface area contributed by atoms with Gasteiger partial charge in [0, 0.05) is 23.9 Å². The van der Waals surface area contributed by atoms with Gasteiger partial charge in [0.15, 0.2) is 0 Å². The number of carbonyl (C=O) groups is 3. The van der Waals surface area contributed by atoms with E-state index in [1.165, 1.54) is 11.1 Å². The Morgan fingerprint density at radius 1 is 1.03 bits per heavy atom. The maximum Gasteiger partial charge on any atom is 0.407 e. The second-order valence-corrected chi connectivity index (χ2v) is 9.62. The average Bonchev–Trinajstić information content (AvgIpc) is 3.43. The van der Waals surface area contributed by atoms with Gasteiger partial charge in [-0.3, -0.25) is 9.59 Å². The van der Waals surface area contributed by atoms with Gasteiger partial charge in [-0.05, 0) is 47.9 Å². The SMILES string of the molecule is CCCC[C@H](CC(=O)O)NC(=O)[C@H]1CC[C@@H](NC(=O)OCC2c3ccccc3-c3ccccc32)C1. The normalized spacial score (nSPS) is 19.5. The Bertz CT molecular complexity index is 1020. The molecule has 2 aliphatic carbocycles. The first-order chi connectivity index (χ1) is 17.0. The summed E-state index contributed by atoms with van der Waals surface area (Å²) < 4.78 is 5.63. The molecule has 3 atom stereocenters. The number of nitrogens with one attached hydrogen (secondary N) is 2. The van der Waals surface area contributed by atoms with Gasteiger partial charge in [-0.25, -0.2) is 4.79 Å². The summed E-state index contributed by atoms with van der Waals surface area (Å²) in [6.45, 7) is 2.29. The standard InChI is InChI=1S/C28H34N2O5/c1-2-3-8-19(16-26(31)32)29-27(33)18-13-14-20(15-18)30-28(34)35-17-25-23-11-6-4-9-21(23)22-10-5-7-12-24(22)25/h4-7,9-12,18-20,25H,2-3,8,13-17H2,1H3,(H,29,33)(H,30,34)(H,31,32)/t18-,19+,20+/m0/s1. The molecule has 2 aliphatic rings. The molecule has 186 valence electrons. The van der Waals surface area contributed by atoms with Crippen LogP contribution in [0, 0.1) is 5.92 Å². The molecule has 35 heavy (non-hydrogen) atoms. The predicted molar refractivity (Wildman–Crippen MR) is 133 cm³/mol. The van der Waals surface area contributed by atoms with Crippen LogP contribution in [0.4, 0.5) is 4.79 Å². The third kappa shape index (κ3) is 6.02. The highest BCUT2D eigenvalue weighted by molar-refractivity contribution is 5.81. The third-order valence-electron chi connectivity index (χ3n) is 7.14. The highest BCUT2D eigenvalue weighted by Gasteiger charge is 2.33. The summed E-state index contributed by atoms with van der Waals surface area (Å²) in [5.41, 5.74) is 4.69. The highest BCUT2D eigenvalue weighted by Crippen LogP contribution is 2.44. The second kappa shape index (κ2) is 11.4. The summed E-state index contributed by atoms with van der Waals surface area (Å²) in [5.74, 6) is -1.26. The summed E-state index contributed by atoms with van der Waals surface area (Å²) in [6.07, 6.45) is 3.82. The van der Waals surface area contributed by atoms with Crippen LogP contribution >= 0.6 is 0 Å². The van der Waals surface area contributed by atoms with E-state index in [9.17, 15) is 14.4 Å². The second-order valence-electron chi connectivity index (χ2n) is 9.62. The monoisotopic (exact) mass is 478 g/mol. The van der Waals surface area contributed by atoms with E-state index in [1.54, 1.807) is 0 Å². The van der Waals surface area contributed by atoms with Gasteiger partial charge in [0.25, 0.3) is 0 Å². The van der Waals surface area contributed by atoms with E-state index in [2.05, 4.69) is 34.9 Å². The van der Waals surface area contributed by atoms with Crippen LogP contribution in [0.2, 0.25) is 0 Å². The van der Waals surface area contributed by atoms with Crippen molar-refractivity contribution in [2.24, 2.45) is 5.92 Å². The number of carbonyl (C=O) groups excluding carboxylic acids is 2. The molecule has 2 aromatic rings. The molecule has 7 nitrogen and oxygen atoms in total. The molecule has 0 radical (unpaired) electrons. The number of hydrogen-bond donors (Lipinski definition) is 3. The highest BCUT2D eigenvalue weighted by atomic mass is 16.5. The van der Waals surface area contributed by atoms with E-state index in [-0.39, 0.29) is 42.9 Å². The van der Waals surface area contributed by atoms with E-state index in [0.29, 0.717) is 25.7 Å². The molecule has 0 unspecified atom stereocenters. The molecule has 3 N–H and O–H groups in total. The van der Waals surface area contributed by atoms with Crippen LogP contribution in [0.3, 0.4) is 0 Å². The quantitative estimate of drug-likeness (QED) is 0.453. The summed E-state index contributed by atoms with van der Waals surface area (Å²) in [7, 11) is 0. The van der Waals surface area contributed by atoms with Crippen LogP contribution in [-0.2, 0) is 14.3 Å². The summed E-state index contributed by atoms with van der Waals surface area (Å²) in [6, 6.07) is 15.9. The molecule has 2 amide bonds. The van der Waals surface area contributed by atoms with Crippen LogP contribution < -0.4 is 10.6 Å².